The predicted octanol–water partition coefficient (Wildman–Crippen LogP) is 4.10. The average molecular weight is 373 g/mol. The molecular weight excluding hydrogens is 356 g/mol. The minimum Gasteiger partial charge on any atom is -0.383 e. The highest BCUT2D eigenvalue weighted by molar-refractivity contribution is 9.10. The summed E-state index contributed by atoms with van der Waals surface area (Å²) in [5.41, 5.74) is 2.36. The smallest absolute Gasteiger partial charge is 0.154 e. The van der Waals surface area contributed by atoms with Crippen molar-refractivity contribution in [3.63, 3.8) is 0 Å². The molecule has 0 radical (unpaired) electrons. The molecule has 108 valence electrons. The Bertz CT molecular complexity index is 560. The number of benzene rings is 1. The monoisotopic (exact) mass is 372 g/mol. The quantitative estimate of drug-likeness (QED) is 0.741. The number of aromatic nitrogens is 1. The summed E-state index contributed by atoms with van der Waals surface area (Å²) < 4.78 is 7.22. The molecule has 0 aliphatic carbocycles. The van der Waals surface area contributed by atoms with Crippen molar-refractivity contribution in [3.05, 3.63) is 39.3 Å². The maximum absolute atomic E-state index is 5.04. The van der Waals surface area contributed by atoms with Crippen molar-refractivity contribution in [3.8, 4) is 0 Å². The summed E-state index contributed by atoms with van der Waals surface area (Å²) in [5, 5.41) is 5.46. The number of aryl methyl sites for hydroxylation is 1. The van der Waals surface area contributed by atoms with Crippen LogP contribution in [0.2, 0.25) is 0 Å². The molecule has 0 aliphatic rings. The molecule has 0 amide bonds. The average Bonchev–Trinajstić information content (AvgIpc) is 2.82. The van der Waals surface area contributed by atoms with Gasteiger partial charge < -0.3 is 10.1 Å². The van der Waals surface area contributed by atoms with E-state index in [1.54, 1.807) is 30.2 Å². The first kappa shape index (κ1) is 16.0. The molecule has 1 N–H and O–H groups in total. The van der Waals surface area contributed by atoms with E-state index >= 15 is 0 Å². The summed E-state index contributed by atoms with van der Waals surface area (Å²) in [6, 6.07) is 6.37. The second kappa shape index (κ2) is 8.14. The van der Waals surface area contributed by atoms with Crippen LogP contribution in [-0.2, 0) is 11.3 Å². The van der Waals surface area contributed by atoms with Gasteiger partial charge in [-0.3, -0.25) is 0 Å². The summed E-state index contributed by atoms with van der Waals surface area (Å²) >= 11 is 6.94. The summed E-state index contributed by atoms with van der Waals surface area (Å²) in [5.74, 6) is 0. The van der Waals surface area contributed by atoms with Gasteiger partial charge in [-0.2, -0.15) is 0 Å². The molecule has 20 heavy (non-hydrogen) atoms. The van der Waals surface area contributed by atoms with Crippen molar-refractivity contribution in [1.29, 1.82) is 0 Å². The highest BCUT2D eigenvalue weighted by Gasteiger charge is 2.08. The molecule has 1 aromatic carbocycles. The number of rotatable bonds is 7. The van der Waals surface area contributed by atoms with Gasteiger partial charge in [0.2, 0.25) is 0 Å². The molecule has 0 atom stereocenters. The van der Waals surface area contributed by atoms with Gasteiger partial charge in [-0.05, 0) is 24.6 Å². The molecule has 0 saturated heterocycles. The van der Waals surface area contributed by atoms with E-state index < -0.39 is 0 Å². The largest absolute Gasteiger partial charge is 0.383 e. The fourth-order valence-corrected chi connectivity index (χ4v) is 4.11. The van der Waals surface area contributed by atoms with Crippen LogP contribution in [0.3, 0.4) is 0 Å². The normalized spacial score (nSPS) is 10.9. The first-order valence-corrected chi connectivity index (χ1v) is 8.76. The number of hydrogen-bond donors (Lipinski definition) is 1. The van der Waals surface area contributed by atoms with Crippen molar-refractivity contribution in [2.45, 2.75) is 22.7 Å². The first-order valence-electron chi connectivity index (χ1n) is 6.27. The van der Waals surface area contributed by atoms with Crippen LogP contribution in [-0.4, -0.2) is 25.2 Å². The van der Waals surface area contributed by atoms with Gasteiger partial charge in [-0.25, -0.2) is 4.98 Å². The molecule has 2 aromatic rings. The van der Waals surface area contributed by atoms with Crippen LogP contribution in [0.4, 0.5) is 0 Å². The third kappa shape index (κ3) is 4.86. The first-order chi connectivity index (χ1) is 9.69. The summed E-state index contributed by atoms with van der Waals surface area (Å²) in [4.78, 5) is 5.75. The van der Waals surface area contributed by atoms with E-state index in [0.29, 0.717) is 0 Å². The minimum atomic E-state index is 0.727. The van der Waals surface area contributed by atoms with Crippen LogP contribution in [0.5, 0.6) is 0 Å². The predicted molar refractivity (Wildman–Crippen MR) is 88.7 cm³/mol. The van der Waals surface area contributed by atoms with Crippen LogP contribution in [0.25, 0.3) is 0 Å². The Balaban J connectivity index is 2.07. The second-order valence-electron chi connectivity index (χ2n) is 4.28. The molecule has 3 nitrogen and oxygen atoms in total. The lowest BCUT2D eigenvalue weighted by Gasteiger charge is -2.10. The van der Waals surface area contributed by atoms with Gasteiger partial charge >= 0.3 is 0 Å². The lowest BCUT2D eigenvalue weighted by atomic mass is 10.2. The zero-order valence-electron chi connectivity index (χ0n) is 11.5. The van der Waals surface area contributed by atoms with E-state index in [1.807, 2.05) is 6.92 Å². The molecule has 6 heteroatoms. The molecule has 0 aliphatic heterocycles. The highest BCUT2D eigenvalue weighted by atomic mass is 79.9. The number of nitrogens with zero attached hydrogens (tertiary/aromatic N) is 1. The Labute approximate surface area is 136 Å². The fourth-order valence-electron chi connectivity index (χ4n) is 1.64. The fraction of sp³-hybridized carbons (Fsp3) is 0.357. The van der Waals surface area contributed by atoms with E-state index in [4.69, 9.17) is 4.74 Å². The maximum Gasteiger partial charge on any atom is 0.154 e. The number of halogens is 1. The van der Waals surface area contributed by atoms with Gasteiger partial charge in [0.05, 0.1) is 6.61 Å². The van der Waals surface area contributed by atoms with Gasteiger partial charge in [-0.1, -0.05) is 33.8 Å². The Hall–Kier alpha value is -0.400. The van der Waals surface area contributed by atoms with Crippen LogP contribution in [0.1, 0.15) is 11.3 Å². The third-order valence-corrected chi connectivity index (χ3v) is 5.27. The lowest BCUT2D eigenvalue weighted by Crippen LogP contribution is -2.18. The molecule has 0 spiro atoms. The topological polar surface area (TPSA) is 34.1 Å². The summed E-state index contributed by atoms with van der Waals surface area (Å²) in [6.45, 7) is 4.44. The maximum atomic E-state index is 5.04. The number of ether oxygens (including phenoxy) is 1. The van der Waals surface area contributed by atoms with Gasteiger partial charge in [0, 0.05) is 40.6 Å². The van der Waals surface area contributed by atoms with Gasteiger partial charge in [0.1, 0.15) is 0 Å². The number of thiazole rings is 1. The lowest BCUT2D eigenvalue weighted by molar-refractivity contribution is 0.199. The van der Waals surface area contributed by atoms with Crippen LogP contribution in [0, 0.1) is 6.92 Å². The highest BCUT2D eigenvalue weighted by Crippen LogP contribution is 2.34. The standard InChI is InChI=1S/C14H17BrN2OS2/c1-10-9-19-14(17-10)20-13-7-12(15)4-3-11(13)8-16-5-6-18-2/h3-4,7,9,16H,5-6,8H2,1-2H3. The second-order valence-corrected chi connectivity index (χ2v) is 7.34. The van der Waals surface area contributed by atoms with E-state index in [9.17, 15) is 0 Å². The Morgan fingerprint density at radius 2 is 2.30 bits per heavy atom. The van der Waals surface area contributed by atoms with E-state index in [2.05, 4.69) is 49.8 Å². The molecule has 1 aromatic heterocycles. The Kier molecular flexibility index (Phi) is 6.51. The van der Waals surface area contributed by atoms with E-state index in [-0.39, 0.29) is 0 Å². The SMILES string of the molecule is COCCNCc1ccc(Br)cc1Sc1nc(C)cs1. The summed E-state index contributed by atoms with van der Waals surface area (Å²) in [7, 11) is 1.72. The van der Waals surface area contributed by atoms with E-state index in [0.717, 1.165) is 34.2 Å². The number of hydrogen-bond acceptors (Lipinski definition) is 5. The molecule has 0 fully saturated rings. The van der Waals surface area contributed by atoms with Crippen molar-refractivity contribution >= 4 is 39.0 Å². The van der Waals surface area contributed by atoms with Crippen LogP contribution in [0.15, 0.2) is 37.3 Å². The third-order valence-electron chi connectivity index (χ3n) is 2.62. The molecule has 0 saturated carbocycles. The van der Waals surface area contributed by atoms with Crippen LogP contribution >= 0.6 is 39.0 Å². The molecule has 0 bridgehead atoms. The van der Waals surface area contributed by atoms with Crippen molar-refractivity contribution in [2.75, 3.05) is 20.3 Å². The Morgan fingerprint density at radius 1 is 1.45 bits per heavy atom. The van der Waals surface area contributed by atoms with Gasteiger partial charge in [-0.15, -0.1) is 11.3 Å². The van der Waals surface area contributed by atoms with Gasteiger partial charge in [0.25, 0.3) is 0 Å². The molecule has 1 heterocycles. The van der Waals surface area contributed by atoms with E-state index in [1.165, 1.54) is 10.5 Å². The van der Waals surface area contributed by atoms with Crippen molar-refractivity contribution in [1.82, 2.24) is 10.3 Å². The molecule has 0 unspecified atom stereocenters. The zero-order valence-corrected chi connectivity index (χ0v) is 14.7. The number of nitrogens with one attached hydrogen (secondary N) is 1. The summed E-state index contributed by atoms with van der Waals surface area (Å²) in [6.07, 6.45) is 0. The minimum absolute atomic E-state index is 0.727. The van der Waals surface area contributed by atoms with Crippen LogP contribution < -0.4 is 5.32 Å². The molecular formula is C14H17BrN2OS2. The van der Waals surface area contributed by atoms with Crippen molar-refractivity contribution in [2.24, 2.45) is 0 Å². The Morgan fingerprint density at radius 3 is 3.00 bits per heavy atom. The molecule has 2 rings (SSSR count). The van der Waals surface area contributed by atoms with Crippen molar-refractivity contribution < 1.29 is 4.74 Å². The zero-order chi connectivity index (χ0) is 14.4. The van der Waals surface area contributed by atoms with Gasteiger partial charge in [0.15, 0.2) is 4.34 Å². The number of methoxy groups -OCH3 is 1.